The molecule has 0 bridgehead atoms. The second kappa shape index (κ2) is 7.45. The predicted octanol–water partition coefficient (Wildman–Crippen LogP) is 4.69. The lowest BCUT2D eigenvalue weighted by Gasteiger charge is -2.22. The number of thiazole rings is 1. The minimum absolute atomic E-state index is 0.161. The fourth-order valence-corrected chi connectivity index (χ4v) is 4.06. The zero-order chi connectivity index (χ0) is 20.6. The molecule has 2 heterocycles. The van der Waals surface area contributed by atoms with Gasteiger partial charge in [-0.05, 0) is 57.4 Å². The lowest BCUT2D eigenvalue weighted by atomic mass is 10.1. The monoisotopic (exact) mass is 405 g/mol. The second-order valence-corrected chi connectivity index (χ2v) is 9.50. The van der Waals surface area contributed by atoms with Crippen molar-refractivity contribution < 1.29 is 4.79 Å². The van der Waals surface area contributed by atoms with E-state index in [4.69, 9.17) is 5.26 Å². The first-order valence-corrected chi connectivity index (χ1v) is 10.5. The molecule has 4 rings (SSSR count). The van der Waals surface area contributed by atoms with E-state index in [1.54, 1.807) is 6.20 Å². The van der Waals surface area contributed by atoms with E-state index < -0.39 is 0 Å². The summed E-state index contributed by atoms with van der Waals surface area (Å²) in [5, 5.41) is 16.9. The first-order chi connectivity index (χ1) is 13.8. The minimum atomic E-state index is -0.228. The Morgan fingerprint density at radius 1 is 1.31 bits per heavy atom. The van der Waals surface area contributed by atoms with Gasteiger partial charge in [-0.2, -0.15) is 10.4 Å². The first kappa shape index (κ1) is 19.3. The zero-order valence-corrected chi connectivity index (χ0v) is 17.6. The Kier molecular flexibility index (Phi) is 4.97. The largest absolute Gasteiger partial charge is 0.296 e. The Bertz CT molecular complexity index is 1080. The van der Waals surface area contributed by atoms with Crippen LogP contribution in [0.2, 0.25) is 0 Å². The van der Waals surface area contributed by atoms with E-state index in [0.29, 0.717) is 28.7 Å². The number of rotatable bonds is 5. The van der Waals surface area contributed by atoms with Crippen LogP contribution in [0, 0.1) is 11.3 Å². The van der Waals surface area contributed by atoms with Crippen molar-refractivity contribution in [3.8, 4) is 6.07 Å². The second-order valence-electron chi connectivity index (χ2n) is 8.38. The van der Waals surface area contributed by atoms with E-state index in [9.17, 15) is 4.79 Å². The van der Waals surface area contributed by atoms with Gasteiger partial charge in [0.25, 0.3) is 5.91 Å². The Morgan fingerprint density at radius 3 is 2.66 bits per heavy atom. The number of aromatic nitrogens is 3. The van der Waals surface area contributed by atoms with Crippen LogP contribution >= 0.6 is 11.3 Å². The molecule has 0 spiro atoms. The molecular formula is C22H23N5OS. The SMILES string of the molecule is CC(C)(C)n1nc(C(=O)Nc2ncc(Cc3ccc(C#N)cc3)s2)cc1C1CC1. The molecule has 2 aromatic heterocycles. The highest BCUT2D eigenvalue weighted by atomic mass is 32.1. The van der Waals surface area contributed by atoms with Crippen LogP contribution in [-0.4, -0.2) is 20.7 Å². The summed E-state index contributed by atoms with van der Waals surface area (Å²) in [5.41, 5.74) is 3.16. The Hall–Kier alpha value is -2.98. The van der Waals surface area contributed by atoms with Crippen molar-refractivity contribution in [2.45, 2.75) is 51.5 Å². The zero-order valence-electron chi connectivity index (χ0n) is 16.8. The number of nitrogens with zero attached hydrogens (tertiary/aromatic N) is 4. The van der Waals surface area contributed by atoms with Crippen LogP contribution in [0.4, 0.5) is 5.13 Å². The molecule has 148 valence electrons. The number of benzene rings is 1. The van der Waals surface area contributed by atoms with Crippen LogP contribution in [-0.2, 0) is 12.0 Å². The maximum atomic E-state index is 12.7. The van der Waals surface area contributed by atoms with Crippen LogP contribution in [0.5, 0.6) is 0 Å². The van der Waals surface area contributed by atoms with Crippen molar-refractivity contribution in [1.82, 2.24) is 14.8 Å². The number of nitrogens with one attached hydrogen (secondary N) is 1. The van der Waals surface area contributed by atoms with Gasteiger partial charge in [0, 0.05) is 29.1 Å². The summed E-state index contributed by atoms with van der Waals surface area (Å²) in [6, 6.07) is 11.5. The van der Waals surface area contributed by atoms with E-state index in [0.717, 1.165) is 29.0 Å². The van der Waals surface area contributed by atoms with Gasteiger partial charge in [0.15, 0.2) is 10.8 Å². The minimum Gasteiger partial charge on any atom is -0.296 e. The van der Waals surface area contributed by atoms with Crippen molar-refractivity contribution in [1.29, 1.82) is 5.26 Å². The molecule has 7 heteroatoms. The highest BCUT2D eigenvalue weighted by molar-refractivity contribution is 7.15. The van der Waals surface area contributed by atoms with Crippen molar-refractivity contribution in [3.63, 3.8) is 0 Å². The molecule has 0 atom stereocenters. The molecule has 1 N–H and O–H groups in total. The lowest BCUT2D eigenvalue weighted by Crippen LogP contribution is -2.25. The van der Waals surface area contributed by atoms with Gasteiger partial charge in [-0.15, -0.1) is 11.3 Å². The molecule has 1 aliphatic rings. The quantitative estimate of drug-likeness (QED) is 0.668. The highest BCUT2D eigenvalue weighted by Crippen LogP contribution is 2.41. The summed E-state index contributed by atoms with van der Waals surface area (Å²) in [6.45, 7) is 6.30. The fraction of sp³-hybridized carbons (Fsp3) is 0.364. The molecule has 0 saturated heterocycles. The van der Waals surface area contributed by atoms with Gasteiger partial charge in [0.1, 0.15) is 0 Å². The molecule has 1 amide bonds. The highest BCUT2D eigenvalue weighted by Gasteiger charge is 2.32. The number of carbonyl (C=O) groups is 1. The molecule has 0 radical (unpaired) electrons. The van der Waals surface area contributed by atoms with Crippen LogP contribution in [0.25, 0.3) is 0 Å². The number of anilines is 1. The Labute approximate surface area is 174 Å². The van der Waals surface area contributed by atoms with Crippen LogP contribution in [0.3, 0.4) is 0 Å². The van der Waals surface area contributed by atoms with Gasteiger partial charge in [-0.3, -0.25) is 14.8 Å². The summed E-state index contributed by atoms with van der Waals surface area (Å²) in [6.07, 6.45) is 4.81. The molecular weight excluding hydrogens is 382 g/mol. The number of amides is 1. The van der Waals surface area contributed by atoms with Crippen LogP contribution < -0.4 is 5.32 Å². The summed E-state index contributed by atoms with van der Waals surface area (Å²) in [7, 11) is 0. The smallest absolute Gasteiger partial charge is 0.277 e. The van der Waals surface area contributed by atoms with E-state index in [1.165, 1.54) is 11.3 Å². The lowest BCUT2D eigenvalue weighted by molar-refractivity contribution is 0.102. The van der Waals surface area contributed by atoms with E-state index in [2.05, 4.69) is 42.2 Å². The van der Waals surface area contributed by atoms with Gasteiger partial charge >= 0.3 is 0 Å². The number of hydrogen-bond acceptors (Lipinski definition) is 5. The Morgan fingerprint density at radius 2 is 2.03 bits per heavy atom. The van der Waals surface area contributed by atoms with Gasteiger partial charge in [-0.25, -0.2) is 4.98 Å². The van der Waals surface area contributed by atoms with Crippen molar-refractivity contribution in [2.24, 2.45) is 0 Å². The normalized spacial score (nSPS) is 13.9. The predicted molar refractivity (Wildman–Crippen MR) is 113 cm³/mol. The number of carbonyl (C=O) groups excluding carboxylic acids is 1. The van der Waals surface area contributed by atoms with E-state index in [1.807, 2.05) is 35.0 Å². The van der Waals surface area contributed by atoms with Gasteiger partial charge in [0.05, 0.1) is 17.2 Å². The van der Waals surface area contributed by atoms with Crippen molar-refractivity contribution in [2.75, 3.05) is 5.32 Å². The maximum absolute atomic E-state index is 12.7. The van der Waals surface area contributed by atoms with Gasteiger partial charge < -0.3 is 0 Å². The third kappa shape index (κ3) is 4.38. The van der Waals surface area contributed by atoms with E-state index >= 15 is 0 Å². The summed E-state index contributed by atoms with van der Waals surface area (Å²) < 4.78 is 1.98. The molecule has 1 saturated carbocycles. The van der Waals surface area contributed by atoms with Crippen molar-refractivity contribution >= 4 is 22.4 Å². The molecule has 0 unspecified atom stereocenters. The van der Waals surface area contributed by atoms with Crippen molar-refractivity contribution in [3.05, 3.63) is 63.9 Å². The number of hydrogen-bond donors (Lipinski definition) is 1. The summed E-state index contributed by atoms with van der Waals surface area (Å²) >= 11 is 1.45. The maximum Gasteiger partial charge on any atom is 0.277 e. The average Bonchev–Trinajstić information content (AvgIpc) is 3.26. The molecule has 3 aromatic rings. The molecule has 6 nitrogen and oxygen atoms in total. The van der Waals surface area contributed by atoms with Gasteiger partial charge in [-0.1, -0.05) is 12.1 Å². The van der Waals surface area contributed by atoms with E-state index in [-0.39, 0.29) is 11.4 Å². The molecule has 1 aliphatic carbocycles. The summed E-state index contributed by atoms with van der Waals surface area (Å²) in [5.74, 6) is 0.288. The van der Waals surface area contributed by atoms with Crippen LogP contribution in [0.15, 0.2) is 36.5 Å². The first-order valence-electron chi connectivity index (χ1n) is 9.69. The van der Waals surface area contributed by atoms with Crippen LogP contribution in [0.1, 0.15) is 71.7 Å². The fourth-order valence-electron chi connectivity index (χ4n) is 3.22. The third-order valence-electron chi connectivity index (χ3n) is 4.84. The average molecular weight is 406 g/mol. The Balaban J connectivity index is 1.46. The summed E-state index contributed by atoms with van der Waals surface area (Å²) in [4.78, 5) is 18.1. The van der Waals surface area contributed by atoms with Gasteiger partial charge in [0.2, 0.25) is 0 Å². The standard InChI is InChI=1S/C22H23N5OS/c1-22(2,3)27-19(16-8-9-16)11-18(26-27)20(28)25-21-24-13-17(29-21)10-14-4-6-15(12-23)7-5-14/h4-7,11,13,16H,8-10H2,1-3H3,(H,24,25,28). The topological polar surface area (TPSA) is 83.6 Å². The molecule has 0 aliphatic heterocycles. The molecule has 1 fully saturated rings. The molecule has 1 aromatic carbocycles. The molecule has 29 heavy (non-hydrogen) atoms. The third-order valence-corrected chi connectivity index (χ3v) is 5.75. The number of nitriles is 1.